The van der Waals surface area contributed by atoms with E-state index in [-0.39, 0.29) is 24.5 Å². The minimum atomic E-state index is -0.528. The number of hydrogen-bond acceptors (Lipinski definition) is 5. The number of carbonyl (C=O) groups is 2. The molecule has 0 aliphatic carbocycles. The minimum absolute atomic E-state index is 0.0343. The fraction of sp³-hybridized carbons (Fsp3) is 0.625. The van der Waals surface area contributed by atoms with Gasteiger partial charge in [-0.3, -0.25) is 4.79 Å². The van der Waals surface area contributed by atoms with Gasteiger partial charge in [-0.05, 0) is 33.6 Å². The van der Waals surface area contributed by atoms with Gasteiger partial charge in [0.1, 0.15) is 11.9 Å². The van der Waals surface area contributed by atoms with E-state index in [1.807, 2.05) is 20.8 Å². The highest BCUT2D eigenvalue weighted by Gasteiger charge is 2.29. The zero-order valence-electron chi connectivity index (χ0n) is 14.3. The van der Waals surface area contributed by atoms with Crippen LogP contribution in [0.4, 0.5) is 4.79 Å². The quantitative estimate of drug-likeness (QED) is 0.840. The van der Waals surface area contributed by atoms with Crippen LogP contribution >= 0.6 is 0 Å². The summed E-state index contributed by atoms with van der Waals surface area (Å²) in [6, 6.07) is -0.0343. The van der Waals surface area contributed by atoms with Crippen molar-refractivity contribution in [3.63, 3.8) is 0 Å². The molecule has 1 aromatic heterocycles. The van der Waals surface area contributed by atoms with Gasteiger partial charge in [-0.2, -0.15) is 0 Å². The highest BCUT2D eigenvalue weighted by molar-refractivity contribution is 5.90. The van der Waals surface area contributed by atoms with Crippen LogP contribution in [-0.4, -0.2) is 56.9 Å². The number of likely N-dealkylation sites (tertiary alicyclic amines) is 1. The molecule has 1 N–H and O–H groups in total. The van der Waals surface area contributed by atoms with E-state index in [1.54, 1.807) is 9.58 Å². The molecule has 2 heterocycles. The van der Waals surface area contributed by atoms with E-state index >= 15 is 0 Å². The van der Waals surface area contributed by atoms with Gasteiger partial charge in [0.2, 0.25) is 5.82 Å². The number of rotatable bonds is 3. The molecular weight excluding hydrogens is 310 g/mol. The van der Waals surface area contributed by atoms with Gasteiger partial charge in [0.05, 0.1) is 12.6 Å². The summed E-state index contributed by atoms with van der Waals surface area (Å²) in [5, 5.41) is 6.72. The van der Waals surface area contributed by atoms with Crippen LogP contribution in [0, 0.1) is 12.3 Å². The summed E-state index contributed by atoms with van der Waals surface area (Å²) in [6.07, 6.45) is 7.97. The monoisotopic (exact) mass is 333 g/mol. The topological polar surface area (TPSA) is 89.4 Å². The number of hydrogen-bond donors (Lipinski definition) is 1. The normalized spacial score (nSPS) is 17.9. The number of aromatic nitrogens is 3. The first kappa shape index (κ1) is 17.8. The molecule has 130 valence electrons. The molecule has 1 fully saturated rings. The molecule has 1 atom stereocenters. The molecule has 0 bridgehead atoms. The Balaban J connectivity index is 2.00. The Morgan fingerprint density at radius 2 is 2.25 bits per heavy atom. The van der Waals surface area contributed by atoms with Crippen LogP contribution < -0.4 is 5.32 Å². The summed E-state index contributed by atoms with van der Waals surface area (Å²) in [6.45, 7) is 6.77. The van der Waals surface area contributed by atoms with Gasteiger partial charge in [-0.1, -0.05) is 5.92 Å². The smallest absolute Gasteiger partial charge is 0.410 e. The molecule has 24 heavy (non-hydrogen) atoms. The molecule has 0 spiro atoms. The molecule has 0 saturated carbocycles. The molecule has 2 amide bonds. The fourth-order valence-electron chi connectivity index (χ4n) is 2.43. The van der Waals surface area contributed by atoms with Crippen molar-refractivity contribution < 1.29 is 14.3 Å². The molecule has 1 aliphatic rings. The Bertz CT molecular complexity index is 641. The van der Waals surface area contributed by atoms with Crippen molar-refractivity contribution in [1.82, 2.24) is 25.0 Å². The standard InChI is InChI=1S/C16H23N5O3/c1-5-8-17-14(22)13-18-11-21(19-13)12-7-6-9-20(10-12)15(23)24-16(2,3)4/h1,11-12H,6-10H2,2-4H3,(H,17,22). The van der Waals surface area contributed by atoms with Crippen molar-refractivity contribution in [1.29, 1.82) is 0 Å². The zero-order valence-corrected chi connectivity index (χ0v) is 14.3. The number of nitrogens with zero attached hydrogens (tertiary/aromatic N) is 4. The van der Waals surface area contributed by atoms with Crippen LogP contribution in [0.3, 0.4) is 0 Å². The van der Waals surface area contributed by atoms with E-state index in [1.165, 1.54) is 6.33 Å². The molecule has 0 aromatic carbocycles. The SMILES string of the molecule is C#CCNC(=O)c1ncn(C2CCCN(C(=O)OC(C)(C)C)C2)n1. The minimum Gasteiger partial charge on any atom is -0.444 e. The van der Waals surface area contributed by atoms with Crippen molar-refractivity contribution in [2.24, 2.45) is 0 Å². The Hall–Kier alpha value is -2.56. The number of piperidine rings is 1. The Kier molecular flexibility index (Phi) is 5.44. The van der Waals surface area contributed by atoms with Crippen LogP contribution in [0.1, 0.15) is 50.3 Å². The average molecular weight is 333 g/mol. The number of amides is 2. The lowest BCUT2D eigenvalue weighted by atomic mass is 10.1. The summed E-state index contributed by atoms with van der Waals surface area (Å²) in [4.78, 5) is 29.7. The largest absolute Gasteiger partial charge is 0.444 e. The third kappa shape index (κ3) is 4.72. The van der Waals surface area contributed by atoms with E-state index < -0.39 is 11.5 Å². The van der Waals surface area contributed by atoms with Crippen molar-refractivity contribution >= 4 is 12.0 Å². The Labute approximate surface area is 141 Å². The highest BCUT2D eigenvalue weighted by atomic mass is 16.6. The Morgan fingerprint density at radius 1 is 1.50 bits per heavy atom. The summed E-state index contributed by atoms with van der Waals surface area (Å²) >= 11 is 0. The molecule has 8 nitrogen and oxygen atoms in total. The van der Waals surface area contributed by atoms with Gasteiger partial charge in [0.15, 0.2) is 0 Å². The average Bonchev–Trinajstić information content (AvgIpc) is 3.01. The van der Waals surface area contributed by atoms with Crippen molar-refractivity contribution in [3.05, 3.63) is 12.2 Å². The fourth-order valence-corrected chi connectivity index (χ4v) is 2.43. The van der Waals surface area contributed by atoms with Crippen LogP contribution in [0.25, 0.3) is 0 Å². The second-order valence-corrected chi connectivity index (χ2v) is 6.66. The van der Waals surface area contributed by atoms with Crippen molar-refractivity contribution in [3.8, 4) is 12.3 Å². The molecular formula is C16H23N5O3. The second kappa shape index (κ2) is 7.34. The number of ether oxygens (including phenoxy) is 1. The van der Waals surface area contributed by atoms with E-state index in [2.05, 4.69) is 21.3 Å². The first-order valence-electron chi connectivity index (χ1n) is 7.91. The van der Waals surface area contributed by atoms with Gasteiger partial charge in [-0.25, -0.2) is 14.5 Å². The summed E-state index contributed by atoms with van der Waals surface area (Å²) < 4.78 is 7.03. The van der Waals surface area contributed by atoms with Crippen molar-refractivity contribution in [2.75, 3.05) is 19.6 Å². The summed E-state index contributed by atoms with van der Waals surface area (Å²) in [5.74, 6) is 1.98. The maximum atomic E-state index is 12.2. The third-order valence-electron chi connectivity index (χ3n) is 3.48. The van der Waals surface area contributed by atoms with E-state index in [4.69, 9.17) is 11.2 Å². The number of terminal acetylenes is 1. The summed E-state index contributed by atoms with van der Waals surface area (Å²) in [5.41, 5.74) is -0.528. The van der Waals surface area contributed by atoms with Crippen LogP contribution in [0.2, 0.25) is 0 Å². The van der Waals surface area contributed by atoms with Gasteiger partial charge in [0.25, 0.3) is 5.91 Å². The molecule has 0 radical (unpaired) electrons. The van der Waals surface area contributed by atoms with Gasteiger partial charge >= 0.3 is 6.09 Å². The first-order valence-corrected chi connectivity index (χ1v) is 7.91. The maximum Gasteiger partial charge on any atom is 0.410 e. The van der Waals surface area contributed by atoms with E-state index in [0.717, 1.165) is 12.8 Å². The van der Waals surface area contributed by atoms with Gasteiger partial charge < -0.3 is 15.0 Å². The zero-order chi connectivity index (χ0) is 17.7. The maximum absolute atomic E-state index is 12.2. The highest BCUT2D eigenvalue weighted by Crippen LogP contribution is 2.22. The second-order valence-electron chi connectivity index (χ2n) is 6.66. The van der Waals surface area contributed by atoms with Crippen LogP contribution in [-0.2, 0) is 4.74 Å². The lowest BCUT2D eigenvalue weighted by Crippen LogP contribution is -2.43. The Morgan fingerprint density at radius 3 is 2.92 bits per heavy atom. The lowest BCUT2D eigenvalue weighted by Gasteiger charge is -2.33. The summed E-state index contributed by atoms with van der Waals surface area (Å²) in [7, 11) is 0. The van der Waals surface area contributed by atoms with E-state index in [9.17, 15) is 9.59 Å². The van der Waals surface area contributed by atoms with Gasteiger partial charge in [-0.15, -0.1) is 11.5 Å². The molecule has 1 saturated heterocycles. The lowest BCUT2D eigenvalue weighted by molar-refractivity contribution is 0.0167. The molecule has 1 aliphatic heterocycles. The van der Waals surface area contributed by atoms with Crippen LogP contribution in [0.15, 0.2) is 6.33 Å². The van der Waals surface area contributed by atoms with Gasteiger partial charge in [0, 0.05) is 13.1 Å². The van der Waals surface area contributed by atoms with E-state index in [0.29, 0.717) is 13.1 Å². The first-order chi connectivity index (χ1) is 11.3. The molecule has 8 heteroatoms. The third-order valence-corrected chi connectivity index (χ3v) is 3.48. The number of carbonyl (C=O) groups excluding carboxylic acids is 2. The molecule has 2 rings (SSSR count). The number of nitrogens with one attached hydrogen (secondary N) is 1. The molecule has 1 unspecified atom stereocenters. The predicted octanol–water partition coefficient (Wildman–Crippen LogP) is 1.21. The predicted molar refractivity (Wildman–Crippen MR) is 87.3 cm³/mol. The van der Waals surface area contributed by atoms with Crippen LogP contribution in [0.5, 0.6) is 0 Å². The van der Waals surface area contributed by atoms with Crippen molar-refractivity contribution in [2.45, 2.75) is 45.3 Å². The molecule has 1 aromatic rings.